The van der Waals surface area contributed by atoms with Gasteiger partial charge in [-0.2, -0.15) is 0 Å². The van der Waals surface area contributed by atoms with E-state index in [1.807, 2.05) is 18.2 Å². The molecule has 1 aliphatic heterocycles. The third-order valence-electron chi connectivity index (χ3n) is 3.61. The first kappa shape index (κ1) is 16.5. The number of halogens is 1. The molecule has 2 aromatic rings. The number of thioether (sulfide) groups is 1. The number of nitrogens with zero attached hydrogens (tertiary/aromatic N) is 1. The summed E-state index contributed by atoms with van der Waals surface area (Å²) in [5.41, 5.74) is 2.83. The van der Waals surface area contributed by atoms with E-state index in [2.05, 4.69) is 36.3 Å². The summed E-state index contributed by atoms with van der Waals surface area (Å²) < 4.78 is 12.9. The lowest BCUT2D eigenvalue weighted by atomic mass is 10.0. The Labute approximate surface area is 144 Å². The fourth-order valence-electron chi connectivity index (χ4n) is 2.24. The second-order valence-corrected chi connectivity index (χ2v) is 6.81. The Balaban J connectivity index is 1.77. The molecule has 1 aliphatic rings. The van der Waals surface area contributed by atoms with Crippen molar-refractivity contribution in [3.05, 3.63) is 70.4 Å². The van der Waals surface area contributed by atoms with Gasteiger partial charge < -0.3 is 5.32 Å². The average molecular weight is 340 g/mol. The first-order chi connectivity index (χ1) is 11.5. The van der Waals surface area contributed by atoms with Crippen molar-refractivity contribution in [3.8, 4) is 0 Å². The lowest BCUT2D eigenvalue weighted by Gasteiger charge is -2.04. The molecule has 5 heteroatoms. The Hall–Kier alpha value is -2.40. The summed E-state index contributed by atoms with van der Waals surface area (Å²) in [6.07, 6.45) is 1.84. The number of nitrogens with one attached hydrogen (secondary N) is 1. The molecule has 0 bridgehead atoms. The molecule has 0 atom stereocenters. The summed E-state index contributed by atoms with van der Waals surface area (Å²) in [6, 6.07) is 14.0. The molecular weight excluding hydrogens is 323 g/mol. The molecule has 0 unspecified atom stereocenters. The number of carbonyl (C=O) groups excluding carboxylic acids is 1. The van der Waals surface area contributed by atoms with Gasteiger partial charge in [0, 0.05) is 0 Å². The van der Waals surface area contributed by atoms with E-state index in [1.165, 1.54) is 29.5 Å². The first-order valence-electron chi connectivity index (χ1n) is 7.66. The Bertz CT molecular complexity index is 808. The Morgan fingerprint density at radius 1 is 1.08 bits per heavy atom. The van der Waals surface area contributed by atoms with Crippen LogP contribution in [0.2, 0.25) is 0 Å². The van der Waals surface area contributed by atoms with Crippen LogP contribution in [0, 0.1) is 5.82 Å². The van der Waals surface area contributed by atoms with Gasteiger partial charge in [-0.3, -0.25) is 4.79 Å². The summed E-state index contributed by atoms with van der Waals surface area (Å²) in [5.74, 6) is -0.00779. The smallest absolute Gasteiger partial charge is 0.264 e. The van der Waals surface area contributed by atoms with Crippen LogP contribution in [0.4, 0.5) is 10.1 Å². The van der Waals surface area contributed by atoms with Crippen molar-refractivity contribution in [3.63, 3.8) is 0 Å². The first-order valence-corrected chi connectivity index (χ1v) is 8.48. The summed E-state index contributed by atoms with van der Waals surface area (Å²) >= 11 is 1.28. The van der Waals surface area contributed by atoms with Gasteiger partial charge in [0.2, 0.25) is 0 Å². The molecule has 0 saturated carbocycles. The number of benzene rings is 2. The predicted octanol–water partition coefficient (Wildman–Crippen LogP) is 4.84. The van der Waals surface area contributed by atoms with Gasteiger partial charge in [-0.05, 0) is 59.1 Å². The highest BCUT2D eigenvalue weighted by Crippen LogP contribution is 2.28. The summed E-state index contributed by atoms with van der Waals surface area (Å²) in [4.78, 5) is 17.0. The van der Waals surface area contributed by atoms with Crippen molar-refractivity contribution in [1.82, 2.24) is 5.32 Å². The number of rotatable bonds is 3. The molecule has 1 amide bonds. The monoisotopic (exact) mass is 340 g/mol. The maximum absolute atomic E-state index is 12.9. The molecule has 24 heavy (non-hydrogen) atoms. The lowest BCUT2D eigenvalue weighted by molar-refractivity contribution is -0.115. The number of amidine groups is 1. The standard InChI is InChI=1S/C19H17FN2OS/c1-12(2)14-5-3-13(4-6-14)11-17-18(23)22-19(24-17)21-16-9-7-15(20)8-10-16/h3-12H,1-2H3,(H,21,22,23)/b17-11+. The molecule has 0 aromatic heterocycles. The van der Waals surface area contributed by atoms with Crippen LogP contribution >= 0.6 is 11.8 Å². The molecule has 1 saturated heterocycles. The van der Waals surface area contributed by atoms with Crippen LogP contribution in [0.1, 0.15) is 30.9 Å². The highest BCUT2D eigenvalue weighted by atomic mass is 32.2. The van der Waals surface area contributed by atoms with Crippen molar-refractivity contribution < 1.29 is 9.18 Å². The Kier molecular flexibility index (Phi) is 4.81. The van der Waals surface area contributed by atoms with E-state index in [-0.39, 0.29) is 11.7 Å². The number of carbonyl (C=O) groups is 1. The highest BCUT2D eigenvalue weighted by Gasteiger charge is 2.23. The van der Waals surface area contributed by atoms with Gasteiger partial charge in [-0.15, -0.1) is 0 Å². The molecule has 3 nitrogen and oxygen atoms in total. The van der Waals surface area contributed by atoms with Gasteiger partial charge in [0.1, 0.15) is 5.82 Å². The minimum atomic E-state index is -0.313. The van der Waals surface area contributed by atoms with E-state index in [0.29, 0.717) is 21.7 Å². The van der Waals surface area contributed by atoms with Gasteiger partial charge >= 0.3 is 0 Å². The van der Waals surface area contributed by atoms with Crippen molar-refractivity contribution in [2.75, 3.05) is 0 Å². The normalized spacial score (nSPS) is 17.8. The van der Waals surface area contributed by atoms with Gasteiger partial charge in [0.05, 0.1) is 10.6 Å². The highest BCUT2D eigenvalue weighted by molar-refractivity contribution is 8.18. The molecule has 0 aliphatic carbocycles. The summed E-state index contributed by atoms with van der Waals surface area (Å²) in [6.45, 7) is 4.29. The zero-order valence-corrected chi connectivity index (χ0v) is 14.2. The SMILES string of the molecule is CC(C)c1ccc(/C=C2/SC(=Nc3ccc(F)cc3)NC2=O)cc1. The molecular formula is C19H17FN2OS. The summed E-state index contributed by atoms with van der Waals surface area (Å²) in [7, 11) is 0. The number of hydrogen-bond acceptors (Lipinski definition) is 3. The fourth-order valence-corrected chi connectivity index (χ4v) is 3.08. The van der Waals surface area contributed by atoms with Crippen LogP contribution < -0.4 is 5.32 Å². The number of hydrogen-bond donors (Lipinski definition) is 1. The van der Waals surface area contributed by atoms with Crippen LogP contribution in [0.5, 0.6) is 0 Å². The Morgan fingerprint density at radius 3 is 2.38 bits per heavy atom. The van der Waals surface area contributed by atoms with Gasteiger partial charge in [-0.25, -0.2) is 9.38 Å². The summed E-state index contributed by atoms with van der Waals surface area (Å²) in [5, 5.41) is 3.23. The van der Waals surface area contributed by atoms with Crippen LogP contribution in [0.3, 0.4) is 0 Å². The number of aliphatic imine (C=N–C) groups is 1. The van der Waals surface area contributed by atoms with E-state index >= 15 is 0 Å². The zero-order chi connectivity index (χ0) is 17.1. The van der Waals surface area contributed by atoms with Crippen LogP contribution in [0.15, 0.2) is 58.4 Å². The molecule has 0 spiro atoms. The third-order valence-corrected chi connectivity index (χ3v) is 4.52. The predicted molar refractivity (Wildman–Crippen MR) is 97.7 cm³/mol. The van der Waals surface area contributed by atoms with Crippen molar-refractivity contribution >= 4 is 34.6 Å². The molecule has 3 rings (SSSR count). The van der Waals surface area contributed by atoms with Crippen molar-refractivity contribution in [2.24, 2.45) is 4.99 Å². The lowest BCUT2D eigenvalue weighted by Crippen LogP contribution is -2.19. The maximum Gasteiger partial charge on any atom is 0.264 e. The van der Waals surface area contributed by atoms with Crippen LogP contribution in [-0.2, 0) is 4.79 Å². The van der Waals surface area contributed by atoms with E-state index in [0.717, 1.165) is 5.56 Å². The van der Waals surface area contributed by atoms with E-state index in [9.17, 15) is 9.18 Å². The molecule has 1 fully saturated rings. The molecule has 0 radical (unpaired) electrons. The minimum absolute atomic E-state index is 0.172. The topological polar surface area (TPSA) is 41.5 Å². The van der Waals surface area contributed by atoms with Crippen LogP contribution in [0.25, 0.3) is 6.08 Å². The molecule has 1 heterocycles. The fraction of sp³-hybridized carbons (Fsp3) is 0.158. The van der Waals surface area contributed by atoms with Gasteiger partial charge in [-0.1, -0.05) is 38.1 Å². The Morgan fingerprint density at radius 2 is 1.75 bits per heavy atom. The minimum Gasteiger partial charge on any atom is -0.300 e. The van der Waals surface area contributed by atoms with Crippen molar-refractivity contribution in [2.45, 2.75) is 19.8 Å². The number of amides is 1. The maximum atomic E-state index is 12.9. The van der Waals surface area contributed by atoms with E-state index < -0.39 is 0 Å². The van der Waals surface area contributed by atoms with Crippen molar-refractivity contribution in [1.29, 1.82) is 0 Å². The molecule has 1 N–H and O–H groups in total. The second kappa shape index (κ2) is 7.01. The average Bonchev–Trinajstić information content (AvgIpc) is 2.89. The van der Waals surface area contributed by atoms with Crippen LogP contribution in [-0.4, -0.2) is 11.1 Å². The van der Waals surface area contributed by atoms with E-state index in [1.54, 1.807) is 12.1 Å². The second-order valence-electron chi connectivity index (χ2n) is 5.78. The van der Waals surface area contributed by atoms with Gasteiger partial charge in [0.15, 0.2) is 5.17 Å². The third kappa shape index (κ3) is 3.92. The largest absolute Gasteiger partial charge is 0.300 e. The molecule has 122 valence electrons. The van der Waals surface area contributed by atoms with E-state index in [4.69, 9.17) is 0 Å². The quantitative estimate of drug-likeness (QED) is 0.812. The zero-order valence-electron chi connectivity index (χ0n) is 13.4. The molecule has 2 aromatic carbocycles. The van der Waals surface area contributed by atoms with Gasteiger partial charge in [0.25, 0.3) is 5.91 Å².